The molecule has 1 saturated heterocycles. The number of para-hydroxylation sites is 1. The van der Waals surface area contributed by atoms with E-state index in [9.17, 15) is 13.2 Å². The van der Waals surface area contributed by atoms with Crippen LogP contribution in [0.1, 0.15) is 39.5 Å². The average Bonchev–Trinajstić information content (AvgIpc) is 2.55. The Bertz CT molecular complexity index is 622. The number of nitrogens with one attached hydrogen (secondary N) is 1. The predicted molar refractivity (Wildman–Crippen MR) is 87.1 cm³/mol. The molecule has 1 fully saturated rings. The van der Waals surface area contributed by atoms with E-state index < -0.39 is 10.0 Å². The molecule has 22 heavy (non-hydrogen) atoms. The molecule has 1 aliphatic heterocycles. The number of carbonyl (C=O) groups is 1. The van der Waals surface area contributed by atoms with Crippen molar-refractivity contribution in [1.29, 1.82) is 0 Å². The fourth-order valence-electron chi connectivity index (χ4n) is 2.48. The summed E-state index contributed by atoms with van der Waals surface area (Å²) in [7, 11) is -3.55. The highest BCUT2D eigenvalue weighted by Gasteiger charge is 2.28. The van der Waals surface area contributed by atoms with E-state index in [2.05, 4.69) is 5.32 Å². The number of carbonyl (C=O) groups excluding carboxylic acids is 1. The number of amides is 1. The van der Waals surface area contributed by atoms with Gasteiger partial charge in [0.05, 0.1) is 5.69 Å². The number of sulfonamides is 1. The predicted octanol–water partition coefficient (Wildman–Crippen LogP) is 2.85. The quantitative estimate of drug-likeness (QED) is 0.905. The highest BCUT2D eigenvalue weighted by atomic mass is 32.2. The smallest absolute Gasteiger partial charge is 0.245 e. The summed E-state index contributed by atoms with van der Waals surface area (Å²) in [6.07, 6.45) is 3.56. The Balaban J connectivity index is 2.29. The lowest BCUT2D eigenvalue weighted by Gasteiger charge is -2.27. The molecule has 0 saturated carbocycles. The summed E-state index contributed by atoms with van der Waals surface area (Å²) in [6, 6.07) is 6.64. The Morgan fingerprint density at radius 3 is 2.50 bits per heavy atom. The van der Waals surface area contributed by atoms with Crippen molar-refractivity contribution in [2.24, 2.45) is 5.92 Å². The van der Waals surface area contributed by atoms with Crippen LogP contribution in [0.4, 0.5) is 5.69 Å². The number of piperidine rings is 1. The van der Waals surface area contributed by atoms with Crippen LogP contribution in [0.25, 0.3) is 0 Å². The number of anilines is 1. The van der Waals surface area contributed by atoms with Gasteiger partial charge in [0, 0.05) is 19.0 Å². The highest BCUT2D eigenvalue weighted by molar-refractivity contribution is 7.89. The van der Waals surface area contributed by atoms with Crippen molar-refractivity contribution in [3.63, 3.8) is 0 Å². The standard InChI is InChI=1S/C16H24N2O3S/c1-3-13(2)16(19)17-14-9-5-6-10-15(14)22(20,21)18-11-7-4-8-12-18/h5-6,9-10,13H,3-4,7-8,11-12H2,1-2H3,(H,17,19). The molecule has 1 aromatic carbocycles. The van der Waals surface area contributed by atoms with E-state index in [4.69, 9.17) is 0 Å². The first-order valence-corrected chi connectivity index (χ1v) is 9.31. The van der Waals surface area contributed by atoms with Crippen LogP contribution in [0.2, 0.25) is 0 Å². The molecule has 1 aromatic rings. The van der Waals surface area contributed by atoms with E-state index >= 15 is 0 Å². The number of nitrogens with zero attached hydrogens (tertiary/aromatic N) is 1. The van der Waals surface area contributed by atoms with Crippen LogP contribution >= 0.6 is 0 Å². The Labute approximate surface area is 132 Å². The largest absolute Gasteiger partial charge is 0.325 e. The average molecular weight is 324 g/mol. The van der Waals surface area contributed by atoms with Gasteiger partial charge in [0.1, 0.15) is 4.90 Å². The molecular weight excluding hydrogens is 300 g/mol. The first kappa shape index (κ1) is 17.0. The molecule has 0 radical (unpaired) electrons. The van der Waals surface area contributed by atoms with Crippen LogP contribution in [-0.4, -0.2) is 31.7 Å². The second-order valence-electron chi connectivity index (χ2n) is 5.76. The summed E-state index contributed by atoms with van der Waals surface area (Å²) < 4.78 is 27.1. The topological polar surface area (TPSA) is 66.5 Å². The first-order valence-electron chi connectivity index (χ1n) is 7.87. The molecule has 0 bridgehead atoms. The van der Waals surface area contributed by atoms with Crippen molar-refractivity contribution >= 4 is 21.6 Å². The molecule has 1 aliphatic rings. The summed E-state index contributed by atoms with van der Waals surface area (Å²) in [6.45, 7) is 4.86. The van der Waals surface area contributed by atoms with Crippen molar-refractivity contribution in [3.05, 3.63) is 24.3 Å². The van der Waals surface area contributed by atoms with E-state index in [1.165, 1.54) is 4.31 Å². The maximum absolute atomic E-state index is 12.8. The van der Waals surface area contributed by atoms with Gasteiger partial charge < -0.3 is 5.32 Å². The van der Waals surface area contributed by atoms with Gasteiger partial charge in [-0.05, 0) is 31.4 Å². The van der Waals surface area contributed by atoms with E-state index in [1.807, 2.05) is 13.8 Å². The third-order valence-corrected chi connectivity index (χ3v) is 6.09. The van der Waals surface area contributed by atoms with Gasteiger partial charge in [-0.3, -0.25) is 4.79 Å². The van der Waals surface area contributed by atoms with Crippen molar-refractivity contribution in [3.8, 4) is 0 Å². The van der Waals surface area contributed by atoms with Crippen LogP contribution in [0.3, 0.4) is 0 Å². The van der Waals surface area contributed by atoms with Crippen molar-refractivity contribution < 1.29 is 13.2 Å². The first-order chi connectivity index (χ1) is 10.5. The monoisotopic (exact) mass is 324 g/mol. The number of hydrogen-bond acceptors (Lipinski definition) is 3. The van der Waals surface area contributed by atoms with Gasteiger partial charge in [0.2, 0.25) is 15.9 Å². The lowest BCUT2D eigenvalue weighted by molar-refractivity contribution is -0.119. The van der Waals surface area contributed by atoms with Crippen LogP contribution in [-0.2, 0) is 14.8 Å². The van der Waals surface area contributed by atoms with E-state index in [0.717, 1.165) is 19.3 Å². The molecule has 5 nitrogen and oxygen atoms in total. The van der Waals surface area contributed by atoms with Crippen molar-refractivity contribution in [2.75, 3.05) is 18.4 Å². The molecule has 1 amide bonds. The zero-order valence-corrected chi connectivity index (χ0v) is 14.0. The Morgan fingerprint density at radius 1 is 1.23 bits per heavy atom. The molecule has 0 aliphatic carbocycles. The van der Waals surface area contributed by atoms with Gasteiger partial charge >= 0.3 is 0 Å². The molecule has 1 atom stereocenters. The summed E-state index contributed by atoms with van der Waals surface area (Å²) in [5, 5.41) is 2.76. The van der Waals surface area contributed by atoms with Gasteiger partial charge in [-0.2, -0.15) is 4.31 Å². The minimum absolute atomic E-state index is 0.147. The normalized spacial score (nSPS) is 17.9. The fourth-order valence-corrected chi connectivity index (χ4v) is 4.15. The fraction of sp³-hybridized carbons (Fsp3) is 0.562. The van der Waals surface area contributed by atoms with Crippen LogP contribution in [0, 0.1) is 5.92 Å². The molecule has 0 spiro atoms. The SMILES string of the molecule is CCC(C)C(=O)Nc1ccccc1S(=O)(=O)N1CCCCC1. The van der Waals surface area contributed by atoms with E-state index in [-0.39, 0.29) is 16.7 Å². The molecule has 0 aromatic heterocycles. The van der Waals surface area contributed by atoms with E-state index in [1.54, 1.807) is 24.3 Å². The zero-order valence-electron chi connectivity index (χ0n) is 13.2. The summed E-state index contributed by atoms with van der Waals surface area (Å²) >= 11 is 0. The van der Waals surface area contributed by atoms with Crippen LogP contribution in [0.5, 0.6) is 0 Å². The molecular formula is C16H24N2O3S. The van der Waals surface area contributed by atoms with E-state index in [0.29, 0.717) is 25.2 Å². The highest BCUT2D eigenvalue weighted by Crippen LogP contribution is 2.27. The maximum Gasteiger partial charge on any atom is 0.245 e. The lowest BCUT2D eigenvalue weighted by atomic mass is 10.1. The number of rotatable bonds is 5. The van der Waals surface area contributed by atoms with Gasteiger partial charge in [-0.15, -0.1) is 0 Å². The van der Waals surface area contributed by atoms with Gasteiger partial charge in [-0.25, -0.2) is 8.42 Å². The third kappa shape index (κ3) is 3.67. The zero-order chi connectivity index (χ0) is 16.2. The van der Waals surface area contributed by atoms with Crippen molar-refractivity contribution in [1.82, 2.24) is 4.31 Å². The molecule has 122 valence electrons. The number of benzene rings is 1. The van der Waals surface area contributed by atoms with Gasteiger partial charge in [-0.1, -0.05) is 32.4 Å². The molecule has 6 heteroatoms. The van der Waals surface area contributed by atoms with Crippen molar-refractivity contribution in [2.45, 2.75) is 44.4 Å². The number of hydrogen-bond donors (Lipinski definition) is 1. The summed E-state index contributed by atoms with van der Waals surface area (Å²) in [5.74, 6) is -0.297. The lowest BCUT2D eigenvalue weighted by Crippen LogP contribution is -2.36. The minimum atomic E-state index is -3.55. The summed E-state index contributed by atoms with van der Waals surface area (Å²) in [5.41, 5.74) is 0.373. The Morgan fingerprint density at radius 2 is 1.86 bits per heavy atom. The molecule has 2 rings (SSSR count). The third-order valence-electron chi connectivity index (χ3n) is 4.14. The van der Waals surface area contributed by atoms with Gasteiger partial charge in [0.15, 0.2) is 0 Å². The second kappa shape index (κ2) is 7.24. The van der Waals surface area contributed by atoms with Crippen LogP contribution < -0.4 is 5.32 Å². The Kier molecular flexibility index (Phi) is 5.58. The second-order valence-corrected chi connectivity index (χ2v) is 7.67. The minimum Gasteiger partial charge on any atom is -0.325 e. The molecule has 1 N–H and O–H groups in total. The molecule has 1 unspecified atom stereocenters. The Hall–Kier alpha value is -1.40. The molecule has 1 heterocycles. The maximum atomic E-state index is 12.8. The van der Waals surface area contributed by atoms with Gasteiger partial charge in [0.25, 0.3) is 0 Å². The summed E-state index contributed by atoms with van der Waals surface area (Å²) in [4.78, 5) is 12.3. The van der Waals surface area contributed by atoms with Crippen LogP contribution in [0.15, 0.2) is 29.2 Å².